The summed E-state index contributed by atoms with van der Waals surface area (Å²) in [6.45, 7) is 3.89. The molecule has 3 aromatic carbocycles. The summed E-state index contributed by atoms with van der Waals surface area (Å²) >= 11 is 0. The molecule has 11 nitrogen and oxygen atoms in total. The summed E-state index contributed by atoms with van der Waals surface area (Å²) in [6.07, 6.45) is 24.5. The van der Waals surface area contributed by atoms with Crippen LogP contribution in [-0.2, 0) is 12.8 Å². The van der Waals surface area contributed by atoms with Gasteiger partial charge in [0.15, 0.2) is 17.6 Å². The number of hydrogen-bond donors (Lipinski definition) is 7. The normalized spacial score (nSPS) is 29.5. The Morgan fingerprint density at radius 2 is 1.90 bits per heavy atom. The molecule has 11 rings (SSSR count). The zero-order valence-corrected chi connectivity index (χ0v) is 41.0. The maximum atomic E-state index is 11.9. The lowest BCUT2D eigenvalue weighted by molar-refractivity contribution is -0.0553. The summed E-state index contributed by atoms with van der Waals surface area (Å²) < 4.78 is 11.1. The fourth-order valence-electron chi connectivity index (χ4n) is 14.2. The van der Waals surface area contributed by atoms with E-state index in [1.54, 1.807) is 13.0 Å². The molecule has 0 radical (unpaired) electrons. The second-order valence-corrected chi connectivity index (χ2v) is 22.2. The molecule has 0 spiro atoms. The Morgan fingerprint density at radius 3 is 2.76 bits per heavy atom. The van der Waals surface area contributed by atoms with E-state index in [0.29, 0.717) is 54.5 Å². The Kier molecular flexibility index (Phi) is 14.1. The number of nitrogens with one attached hydrogen (secondary N) is 1. The number of aliphatic imine (C=N–C) groups is 1. The number of aliphatic hydroxyl groups excluding tert-OH is 4. The second kappa shape index (κ2) is 20.6. The third-order valence-electron chi connectivity index (χ3n) is 17.8. The summed E-state index contributed by atoms with van der Waals surface area (Å²) in [4.78, 5) is 9.67. The van der Waals surface area contributed by atoms with Gasteiger partial charge in [0.25, 0.3) is 0 Å². The lowest BCUT2D eigenvalue weighted by Gasteiger charge is -2.42. The minimum atomic E-state index is -0.937. The smallest absolute Gasteiger partial charge is 0.208 e. The number of nitrogens with zero attached hydrogens (tertiary/aromatic N) is 2. The molecule has 0 amide bonds. The third-order valence-corrected chi connectivity index (χ3v) is 17.8. The molecule has 3 heterocycles. The Hall–Kier alpha value is -4.46. The minimum Gasteiger partial charge on any atom is -0.504 e. The molecule has 3 saturated carbocycles. The van der Waals surface area contributed by atoms with Crippen LogP contribution in [0.15, 0.2) is 75.9 Å². The highest BCUT2D eigenvalue weighted by atomic mass is 16.5. The number of unbranched alkanes of at least 4 members (excludes halogenated alkanes) is 1. The van der Waals surface area contributed by atoms with Crippen molar-refractivity contribution in [2.45, 2.75) is 140 Å². The number of ether oxygens (including phenoxy) is 2. The predicted octanol–water partition coefficient (Wildman–Crippen LogP) is 6.70. The van der Waals surface area contributed by atoms with Crippen molar-refractivity contribution in [1.82, 2.24) is 5.32 Å². The monoisotopic (exact) mass is 952 g/mol. The largest absolute Gasteiger partial charge is 0.504 e. The van der Waals surface area contributed by atoms with Gasteiger partial charge in [-0.15, -0.1) is 16.6 Å². The Bertz CT molecular complexity index is 2690. The summed E-state index contributed by atoms with van der Waals surface area (Å²) in [6, 6.07) is 12.1. The molecule has 70 heavy (non-hydrogen) atoms. The van der Waals surface area contributed by atoms with Crippen LogP contribution in [0.2, 0.25) is 0 Å². The number of rotatable bonds is 18. The molecule has 8 aliphatic rings. The van der Waals surface area contributed by atoms with E-state index < -0.39 is 18.3 Å². The molecular formula is C59H75N4O7+. The number of phenols is 1. The molecule has 0 aromatic heterocycles. The second-order valence-electron chi connectivity index (χ2n) is 22.2. The number of phenolic OH excluding ortho intramolecular Hbond substituents is 1. The average molecular weight is 952 g/mol. The van der Waals surface area contributed by atoms with E-state index in [9.17, 15) is 25.5 Å². The Labute approximate surface area is 413 Å². The maximum Gasteiger partial charge on any atom is 0.208 e. The van der Waals surface area contributed by atoms with Crippen LogP contribution in [0.25, 0.3) is 22.4 Å². The van der Waals surface area contributed by atoms with Gasteiger partial charge in [-0.3, -0.25) is 4.99 Å². The first-order valence-corrected chi connectivity index (χ1v) is 26.9. The van der Waals surface area contributed by atoms with Crippen LogP contribution in [-0.4, -0.2) is 93.2 Å². The average Bonchev–Trinajstić information content (AvgIpc) is 4.19. The molecule has 11 atom stereocenters. The van der Waals surface area contributed by atoms with Crippen molar-refractivity contribution >= 4 is 28.1 Å². The Balaban J connectivity index is 0.631. The number of hydrogen-bond acceptors (Lipinski definition) is 10. The molecule has 372 valence electrons. The molecule has 9 N–H and O–H groups in total. The van der Waals surface area contributed by atoms with Gasteiger partial charge < -0.3 is 46.1 Å². The Morgan fingerprint density at radius 1 is 1.01 bits per heavy atom. The van der Waals surface area contributed by atoms with E-state index in [4.69, 9.17) is 25.2 Å². The van der Waals surface area contributed by atoms with Crippen LogP contribution in [0.1, 0.15) is 125 Å². The summed E-state index contributed by atoms with van der Waals surface area (Å²) in [5, 5.41) is 62.7. The molecule has 0 saturated heterocycles. The van der Waals surface area contributed by atoms with Gasteiger partial charge in [0, 0.05) is 49.7 Å². The summed E-state index contributed by atoms with van der Waals surface area (Å²) in [5.41, 5.74) is 15.9. The first-order valence-electron chi connectivity index (χ1n) is 26.9. The number of aryl methyl sites for hydroxylation is 2. The van der Waals surface area contributed by atoms with E-state index in [1.807, 2.05) is 12.1 Å². The fourth-order valence-corrected chi connectivity index (χ4v) is 14.2. The molecular weight excluding hydrogens is 877 g/mol. The third kappa shape index (κ3) is 9.52. The van der Waals surface area contributed by atoms with Crippen molar-refractivity contribution in [2.24, 2.45) is 51.2 Å². The molecule has 3 fully saturated rings. The highest BCUT2D eigenvalue weighted by Gasteiger charge is 2.49. The van der Waals surface area contributed by atoms with Crippen molar-refractivity contribution < 1.29 is 35.0 Å². The van der Waals surface area contributed by atoms with E-state index in [1.165, 1.54) is 57.9 Å². The van der Waals surface area contributed by atoms with E-state index >= 15 is 0 Å². The quantitative estimate of drug-likeness (QED) is 0.0417. The van der Waals surface area contributed by atoms with Crippen LogP contribution in [0.4, 0.5) is 0 Å². The standard InChI is InChI=1S/C59H74N4O7/c1-33(65)29-61-30-48-41-7-4-6-36(41)14-19-50-46(48)28-52(63-50)54(67)32-69-56-24-35(11-20-53(56)66)9-15-40-25-39(31-64)55(70-40)8-3-2-5-34-10-16-42(49(60)23-34)47-26-37-12-17-44-43-21-22-62-51(43)27-38-13-18-45(59(47)68)58(37)57(38)44/h11,13,18,20-21,24-28,33-34,36,41-42,47-49,54-55,59,61,64-65,67-68,70H,2-10,12,14-17,19,22-23,29-32,60H2,1H3/p+1/t33-,34+,36+,41-,42-,47-,48-,49+,54-,55?,59+/m0/s1. The highest BCUT2D eigenvalue weighted by Crippen LogP contribution is 2.51. The van der Waals surface area contributed by atoms with Gasteiger partial charge in [-0.25, -0.2) is 0 Å². The first-order chi connectivity index (χ1) is 34.1. The van der Waals surface area contributed by atoms with Crippen LogP contribution < -0.4 is 26.4 Å². The molecule has 11 heteroatoms. The zero-order valence-electron chi connectivity index (χ0n) is 41.0. The van der Waals surface area contributed by atoms with Gasteiger partial charge in [0.2, 0.25) is 5.70 Å². The van der Waals surface area contributed by atoms with Gasteiger partial charge in [-0.2, -0.15) is 0 Å². The topological polar surface area (TPSA) is 186 Å². The lowest BCUT2D eigenvalue weighted by atomic mass is 9.65. The lowest BCUT2D eigenvalue weighted by Crippen LogP contribution is -2.42. The van der Waals surface area contributed by atoms with Gasteiger partial charge >= 0.3 is 0 Å². The van der Waals surface area contributed by atoms with Gasteiger partial charge in [0.1, 0.15) is 30.4 Å². The molecule has 3 aliphatic heterocycles. The predicted molar refractivity (Wildman–Crippen MR) is 275 cm³/mol. The van der Waals surface area contributed by atoms with Gasteiger partial charge in [0.05, 0.1) is 36.1 Å². The van der Waals surface area contributed by atoms with Crippen molar-refractivity contribution in [3.8, 4) is 11.5 Å². The van der Waals surface area contributed by atoms with E-state index in [-0.39, 0.29) is 42.9 Å². The SMILES string of the molecule is C[C@H](O)CNC[C@@H]1[C+]2C=C([C@@H](O)COc3cc(CC[C-]4C=C(CO)C(CCCC[C@@H]5CC[C@@H]([C@@H]6C=C7CCc8c9c(cc%10ccc(c7c8%10)[C@H]6O)=NCC=9)[C@H](N)C5)[OH+]4)ccc3O)N=C2CC[C@H]2CCC[C@@H]21. The summed E-state index contributed by atoms with van der Waals surface area (Å²) in [7, 11) is 0. The van der Waals surface area contributed by atoms with Crippen molar-refractivity contribution in [3.05, 3.63) is 111 Å². The zero-order chi connectivity index (χ0) is 48.0. The van der Waals surface area contributed by atoms with E-state index in [2.05, 4.69) is 47.8 Å². The van der Waals surface area contributed by atoms with Crippen LogP contribution >= 0.6 is 0 Å². The molecule has 3 aromatic rings. The summed E-state index contributed by atoms with van der Waals surface area (Å²) in [5.74, 6) is 4.07. The fraction of sp³-hybridized carbons (Fsp3) is 0.559. The minimum absolute atomic E-state index is 0.000746. The number of aliphatic hydroxyl groups is 6. The van der Waals surface area contributed by atoms with Gasteiger partial charge in [-0.1, -0.05) is 62.5 Å². The van der Waals surface area contributed by atoms with E-state index in [0.717, 1.165) is 118 Å². The van der Waals surface area contributed by atoms with Crippen LogP contribution in [0, 0.1) is 47.5 Å². The number of allylic oxidation sites excluding steroid dienone is 2. The van der Waals surface area contributed by atoms with Crippen LogP contribution in [0.3, 0.4) is 0 Å². The molecule has 1 unspecified atom stereocenters. The van der Waals surface area contributed by atoms with Crippen molar-refractivity contribution in [1.29, 1.82) is 0 Å². The number of fused-ring (bicyclic) bond motifs is 4. The van der Waals surface area contributed by atoms with Gasteiger partial charge in [-0.05, 0) is 145 Å². The number of benzene rings is 3. The molecule has 0 bridgehead atoms. The number of nitrogens with two attached hydrogens (primary N) is 1. The van der Waals surface area contributed by atoms with Crippen molar-refractivity contribution in [2.75, 3.05) is 32.8 Å². The van der Waals surface area contributed by atoms with Crippen molar-refractivity contribution in [3.63, 3.8) is 0 Å². The maximum absolute atomic E-state index is 11.9. The highest BCUT2D eigenvalue weighted by molar-refractivity contribution is 6.03. The molecule has 5 aliphatic carbocycles. The first kappa shape index (κ1) is 47.8. The van der Waals surface area contributed by atoms with Crippen LogP contribution in [0.5, 0.6) is 11.5 Å². The number of aromatic hydroxyl groups is 1.